The number of rotatable bonds is 2. The summed E-state index contributed by atoms with van der Waals surface area (Å²) >= 11 is 11.8. The van der Waals surface area contributed by atoms with E-state index in [0.717, 1.165) is 18.7 Å². The molecule has 17 heavy (non-hydrogen) atoms. The van der Waals surface area contributed by atoms with Crippen molar-refractivity contribution < 1.29 is 4.79 Å². The number of amides is 1. The quantitative estimate of drug-likeness (QED) is 0.835. The first kappa shape index (κ1) is 12.6. The van der Waals surface area contributed by atoms with E-state index in [1.54, 1.807) is 12.3 Å². The summed E-state index contributed by atoms with van der Waals surface area (Å²) in [6.45, 7) is 2.94. The number of hydrogen-bond donors (Lipinski definition) is 1. The summed E-state index contributed by atoms with van der Waals surface area (Å²) < 4.78 is 0. The third-order valence-electron chi connectivity index (χ3n) is 2.70. The minimum Gasteiger partial charge on any atom is -0.355 e. The van der Waals surface area contributed by atoms with Crippen molar-refractivity contribution in [1.29, 1.82) is 0 Å². The first-order chi connectivity index (χ1) is 8.15. The van der Waals surface area contributed by atoms with Gasteiger partial charge >= 0.3 is 0 Å². The van der Waals surface area contributed by atoms with Gasteiger partial charge in [-0.15, -0.1) is 0 Å². The van der Waals surface area contributed by atoms with E-state index in [-0.39, 0.29) is 5.91 Å². The molecule has 1 N–H and O–H groups in total. The molecule has 1 aliphatic rings. The highest BCUT2D eigenvalue weighted by atomic mass is 35.5. The third kappa shape index (κ3) is 3.56. The van der Waals surface area contributed by atoms with Crippen molar-refractivity contribution in [2.24, 2.45) is 0 Å². The van der Waals surface area contributed by atoms with Crippen LogP contribution in [0.15, 0.2) is 12.3 Å². The standard InChI is InChI=1S/C11H13Cl2N3O/c12-9-5-10(13)15-6-8(9)7-16-3-1-11(17)14-2-4-16/h5-6H,1-4,7H2,(H,14,17). The van der Waals surface area contributed by atoms with Crippen LogP contribution < -0.4 is 5.32 Å². The molecule has 0 radical (unpaired) electrons. The Morgan fingerprint density at radius 1 is 1.41 bits per heavy atom. The van der Waals surface area contributed by atoms with Crippen LogP contribution in [0.2, 0.25) is 10.2 Å². The molecule has 6 heteroatoms. The van der Waals surface area contributed by atoms with E-state index < -0.39 is 0 Å². The van der Waals surface area contributed by atoms with Gasteiger partial charge in [0.2, 0.25) is 5.91 Å². The van der Waals surface area contributed by atoms with Gasteiger partial charge in [0.1, 0.15) is 5.15 Å². The minimum absolute atomic E-state index is 0.104. The predicted octanol–water partition coefficient (Wildman–Crippen LogP) is 1.71. The van der Waals surface area contributed by atoms with Crippen molar-refractivity contribution in [3.63, 3.8) is 0 Å². The van der Waals surface area contributed by atoms with E-state index in [1.807, 2.05) is 0 Å². The lowest BCUT2D eigenvalue weighted by molar-refractivity contribution is -0.120. The Hall–Kier alpha value is -0.840. The maximum atomic E-state index is 11.2. The molecule has 1 aliphatic heterocycles. The Balaban J connectivity index is 2.02. The lowest BCUT2D eigenvalue weighted by atomic mass is 10.2. The van der Waals surface area contributed by atoms with Crippen LogP contribution in [-0.2, 0) is 11.3 Å². The maximum absolute atomic E-state index is 11.2. The summed E-state index contributed by atoms with van der Waals surface area (Å²) in [4.78, 5) is 17.4. The summed E-state index contributed by atoms with van der Waals surface area (Å²) in [7, 11) is 0. The highest BCUT2D eigenvalue weighted by Crippen LogP contribution is 2.20. The molecule has 0 aliphatic carbocycles. The number of carbonyl (C=O) groups is 1. The van der Waals surface area contributed by atoms with Gasteiger partial charge in [-0.25, -0.2) is 4.98 Å². The van der Waals surface area contributed by atoms with E-state index in [9.17, 15) is 4.79 Å². The normalized spacial score (nSPS) is 17.6. The van der Waals surface area contributed by atoms with Gasteiger partial charge in [-0.1, -0.05) is 23.2 Å². The van der Waals surface area contributed by atoms with Crippen molar-refractivity contribution in [2.45, 2.75) is 13.0 Å². The maximum Gasteiger partial charge on any atom is 0.221 e. The number of nitrogens with zero attached hydrogens (tertiary/aromatic N) is 2. The fourth-order valence-corrected chi connectivity index (χ4v) is 2.19. The van der Waals surface area contributed by atoms with Gasteiger partial charge < -0.3 is 5.32 Å². The highest BCUT2D eigenvalue weighted by Gasteiger charge is 2.14. The predicted molar refractivity (Wildman–Crippen MR) is 67.2 cm³/mol. The highest BCUT2D eigenvalue weighted by molar-refractivity contribution is 6.34. The molecule has 2 heterocycles. The second-order valence-electron chi connectivity index (χ2n) is 3.97. The van der Waals surface area contributed by atoms with Crippen molar-refractivity contribution in [2.75, 3.05) is 19.6 Å². The zero-order valence-corrected chi connectivity index (χ0v) is 10.8. The first-order valence-electron chi connectivity index (χ1n) is 5.44. The molecule has 92 valence electrons. The second-order valence-corrected chi connectivity index (χ2v) is 4.77. The van der Waals surface area contributed by atoms with Gasteiger partial charge in [0, 0.05) is 49.4 Å². The van der Waals surface area contributed by atoms with Gasteiger partial charge in [0.05, 0.1) is 0 Å². The van der Waals surface area contributed by atoms with Gasteiger partial charge in [-0.3, -0.25) is 9.69 Å². The largest absolute Gasteiger partial charge is 0.355 e. The van der Waals surface area contributed by atoms with Crippen LogP contribution in [0.25, 0.3) is 0 Å². The molecule has 1 fully saturated rings. The molecular weight excluding hydrogens is 261 g/mol. The van der Waals surface area contributed by atoms with Gasteiger partial charge in [0.25, 0.3) is 0 Å². The monoisotopic (exact) mass is 273 g/mol. The molecule has 1 aromatic rings. The summed E-state index contributed by atoms with van der Waals surface area (Å²) in [6.07, 6.45) is 2.21. The fraction of sp³-hybridized carbons (Fsp3) is 0.455. The van der Waals surface area contributed by atoms with Crippen molar-refractivity contribution >= 4 is 29.1 Å². The average Bonchev–Trinajstić information content (AvgIpc) is 2.48. The van der Waals surface area contributed by atoms with Gasteiger partial charge in [-0.05, 0) is 6.07 Å². The molecule has 1 saturated heterocycles. The van der Waals surface area contributed by atoms with Crippen molar-refractivity contribution in [1.82, 2.24) is 15.2 Å². The number of nitrogens with one attached hydrogen (secondary N) is 1. The van der Waals surface area contributed by atoms with Crippen LogP contribution in [-0.4, -0.2) is 35.4 Å². The van der Waals surface area contributed by atoms with Crippen molar-refractivity contribution in [3.8, 4) is 0 Å². The van der Waals surface area contributed by atoms with Crippen LogP contribution in [0.4, 0.5) is 0 Å². The molecule has 0 saturated carbocycles. The van der Waals surface area contributed by atoms with Crippen LogP contribution in [0, 0.1) is 0 Å². The Labute approximate surface area is 110 Å². The lowest BCUT2D eigenvalue weighted by Gasteiger charge is -2.19. The van der Waals surface area contributed by atoms with Gasteiger partial charge in [-0.2, -0.15) is 0 Å². The van der Waals surface area contributed by atoms with E-state index in [1.165, 1.54) is 0 Å². The molecule has 0 atom stereocenters. The smallest absolute Gasteiger partial charge is 0.221 e. The Kier molecular flexibility index (Phi) is 4.20. The van der Waals surface area contributed by atoms with Crippen LogP contribution >= 0.6 is 23.2 Å². The molecular formula is C11H13Cl2N3O. The molecule has 0 spiro atoms. The van der Waals surface area contributed by atoms with E-state index >= 15 is 0 Å². The molecule has 1 aromatic heterocycles. The fourth-order valence-electron chi connectivity index (χ4n) is 1.76. The van der Waals surface area contributed by atoms with Crippen LogP contribution in [0.3, 0.4) is 0 Å². The number of hydrogen-bond acceptors (Lipinski definition) is 3. The summed E-state index contributed by atoms with van der Waals surface area (Å²) in [6, 6.07) is 1.64. The molecule has 0 unspecified atom stereocenters. The van der Waals surface area contributed by atoms with E-state index in [0.29, 0.717) is 29.7 Å². The Morgan fingerprint density at radius 3 is 3.00 bits per heavy atom. The minimum atomic E-state index is 0.104. The van der Waals surface area contributed by atoms with E-state index in [4.69, 9.17) is 23.2 Å². The topological polar surface area (TPSA) is 45.2 Å². The van der Waals surface area contributed by atoms with Crippen LogP contribution in [0.5, 0.6) is 0 Å². The first-order valence-corrected chi connectivity index (χ1v) is 6.20. The number of carbonyl (C=O) groups excluding carboxylic acids is 1. The summed E-state index contributed by atoms with van der Waals surface area (Å²) in [5, 5.41) is 3.85. The zero-order valence-electron chi connectivity index (χ0n) is 9.25. The van der Waals surface area contributed by atoms with Crippen LogP contribution in [0.1, 0.15) is 12.0 Å². The summed E-state index contributed by atoms with van der Waals surface area (Å²) in [5.74, 6) is 0.104. The summed E-state index contributed by atoms with van der Waals surface area (Å²) in [5.41, 5.74) is 0.936. The molecule has 4 nitrogen and oxygen atoms in total. The Bertz CT molecular complexity index is 425. The van der Waals surface area contributed by atoms with E-state index in [2.05, 4.69) is 15.2 Å². The zero-order chi connectivity index (χ0) is 12.3. The number of halogens is 2. The number of aromatic nitrogens is 1. The molecule has 1 amide bonds. The Morgan fingerprint density at radius 2 is 2.24 bits per heavy atom. The molecule has 2 rings (SSSR count). The van der Waals surface area contributed by atoms with Gasteiger partial charge in [0.15, 0.2) is 0 Å². The lowest BCUT2D eigenvalue weighted by Crippen LogP contribution is -2.28. The second kappa shape index (κ2) is 5.67. The SMILES string of the molecule is O=C1CCN(Cc2cnc(Cl)cc2Cl)CCN1. The average molecular weight is 274 g/mol. The molecule has 0 bridgehead atoms. The number of pyridine rings is 1. The molecule has 0 aromatic carbocycles. The third-order valence-corrected chi connectivity index (χ3v) is 3.25. The van der Waals surface area contributed by atoms with Crippen molar-refractivity contribution in [3.05, 3.63) is 28.0 Å².